The summed E-state index contributed by atoms with van der Waals surface area (Å²) in [5.74, 6) is 0.117. The molecule has 0 bridgehead atoms. The number of esters is 1. The summed E-state index contributed by atoms with van der Waals surface area (Å²) in [6.07, 6.45) is 3.45. The molecule has 0 radical (unpaired) electrons. The van der Waals surface area contributed by atoms with Crippen molar-refractivity contribution in [2.24, 2.45) is 5.92 Å². The number of rotatable bonds is 3. The van der Waals surface area contributed by atoms with E-state index in [0.717, 1.165) is 19.4 Å². The van der Waals surface area contributed by atoms with E-state index in [9.17, 15) is 4.79 Å². The molecule has 0 aliphatic carbocycles. The van der Waals surface area contributed by atoms with Crippen LogP contribution in [-0.4, -0.2) is 25.3 Å². The topological polar surface area (TPSA) is 35.5 Å². The molecule has 1 saturated heterocycles. The Kier molecular flexibility index (Phi) is 3.96. The summed E-state index contributed by atoms with van der Waals surface area (Å²) in [7, 11) is 0. The van der Waals surface area contributed by atoms with Crippen LogP contribution >= 0.6 is 0 Å². The lowest BCUT2D eigenvalue weighted by Gasteiger charge is -2.26. The number of carbonyl (C=O) groups excluding carboxylic acids is 1. The number of ether oxygens (including phenoxy) is 2. The first kappa shape index (κ1) is 10.3. The van der Waals surface area contributed by atoms with Crippen molar-refractivity contribution in [2.45, 2.75) is 25.9 Å². The van der Waals surface area contributed by atoms with E-state index in [-0.39, 0.29) is 5.97 Å². The summed E-state index contributed by atoms with van der Waals surface area (Å²) in [5, 5.41) is 0. The highest BCUT2D eigenvalue weighted by Gasteiger charge is 2.20. The van der Waals surface area contributed by atoms with Crippen LogP contribution < -0.4 is 0 Å². The Hall–Kier alpha value is -0.830. The van der Waals surface area contributed by atoms with Crippen LogP contribution in [0.5, 0.6) is 0 Å². The molecular formula is C10H16O3. The summed E-state index contributed by atoms with van der Waals surface area (Å²) >= 11 is 0. The monoisotopic (exact) mass is 184 g/mol. The molecule has 0 aromatic rings. The van der Waals surface area contributed by atoms with Crippen molar-refractivity contribution in [2.75, 3.05) is 13.2 Å². The van der Waals surface area contributed by atoms with Gasteiger partial charge in [-0.15, -0.1) is 0 Å². The summed E-state index contributed by atoms with van der Waals surface area (Å²) in [4.78, 5) is 10.8. The van der Waals surface area contributed by atoms with Crippen LogP contribution in [0.15, 0.2) is 12.7 Å². The maximum atomic E-state index is 10.8. The van der Waals surface area contributed by atoms with Gasteiger partial charge < -0.3 is 9.47 Å². The molecule has 0 aromatic carbocycles. The number of hydrogen-bond acceptors (Lipinski definition) is 3. The molecule has 3 nitrogen and oxygen atoms in total. The Balaban J connectivity index is 2.20. The van der Waals surface area contributed by atoms with E-state index in [1.807, 2.05) is 6.92 Å². The van der Waals surface area contributed by atoms with Gasteiger partial charge in [-0.2, -0.15) is 0 Å². The van der Waals surface area contributed by atoms with Gasteiger partial charge in [0.1, 0.15) is 0 Å². The van der Waals surface area contributed by atoms with Crippen molar-refractivity contribution in [3.8, 4) is 0 Å². The lowest BCUT2D eigenvalue weighted by Crippen LogP contribution is -2.26. The predicted octanol–water partition coefficient (Wildman–Crippen LogP) is 1.53. The SMILES string of the molecule is C=CC(=O)OCC1CCOC(C)C1. The van der Waals surface area contributed by atoms with Crippen molar-refractivity contribution in [3.05, 3.63) is 12.7 Å². The average molecular weight is 184 g/mol. The lowest BCUT2D eigenvalue weighted by atomic mass is 9.97. The summed E-state index contributed by atoms with van der Waals surface area (Å²) in [6, 6.07) is 0. The van der Waals surface area contributed by atoms with Gasteiger partial charge in [0.05, 0.1) is 12.7 Å². The zero-order valence-electron chi connectivity index (χ0n) is 7.99. The smallest absolute Gasteiger partial charge is 0.330 e. The molecular weight excluding hydrogens is 168 g/mol. The van der Waals surface area contributed by atoms with Crippen LogP contribution in [0.25, 0.3) is 0 Å². The Morgan fingerprint density at radius 3 is 3.15 bits per heavy atom. The third-order valence-corrected chi connectivity index (χ3v) is 2.22. The van der Waals surface area contributed by atoms with Crippen molar-refractivity contribution in [3.63, 3.8) is 0 Å². The average Bonchev–Trinajstić information content (AvgIpc) is 2.14. The van der Waals surface area contributed by atoms with Crippen molar-refractivity contribution in [1.29, 1.82) is 0 Å². The highest BCUT2D eigenvalue weighted by molar-refractivity contribution is 5.81. The first-order valence-corrected chi connectivity index (χ1v) is 4.63. The molecule has 13 heavy (non-hydrogen) atoms. The molecule has 1 aliphatic heterocycles. The molecule has 0 N–H and O–H groups in total. The number of carbonyl (C=O) groups is 1. The van der Waals surface area contributed by atoms with Crippen molar-refractivity contribution >= 4 is 5.97 Å². The van der Waals surface area contributed by atoms with Gasteiger partial charge >= 0.3 is 5.97 Å². The fourth-order valence-electron chi connectivity index (χ4n) is 1.50. The van der Waals surface area contributed by atoms with Crippen molar-refractivity contribution < 1.29 is 14.3 Å². The highest BCUT2D eigenvalue weighted by Crippen LogP contribution is 2.19. The largest absolute Gasteiger partial charge is 0.462 e. The van der Waals surface area contributed by atoms with Gasteiger partial charge in [-0.3, -0.25) is 0 Å². The molecule has 1 heterocycles. The zero-order valence-corrected chi connectivity index (χ0v) is 7.99. The first-order chi connectivity index (χ1) is 6.22. The highest BCUT2D eigenvalue weighted by atomic mass is 16.5. The third-order valence-electron chi connectivity index (χ3n) is 2.22. The molecule has 1 aliphatic rings. The molecule has 0 amide bonds. The minimum Gasteiger partial charge on any atom is -0.462 e. The van der Waals surface area contributed by atoms with Crippen molar-refractivity contribution in [1.82, 2.24) is 0 Å². The Morgan fingerprint density at radius 2 is 2.54 bits per heavy atom. The standard InChI is InChI=1S/C10H16O3/c1-3-10(11)13-7-9-4-5-12-8(2)6-9/h3,8-9H,1,4-7H2,2H3. The van der Waals surface area contributed by atoms with E-state index < -0.39 is 0 Å². The van der Waals surface area contributed by atoms with Crippen LogP contribution in [0, 0.1) is 5.92 Å². The maximum absolute atomic E-state index is 10.8. The predicted molar refractivity (Wildman–Crippen MR) is 49.3 cm³/mol. The summed E-state index contributed by atoms with van der Waals surface area (Å²) in [6.45, 7) is 6.66. The quantitative estimate of drug-likeness (QED) is 0.493. The van der Waals surface area contributed by atoms with Crippen LogP contribution in [0.1, 0.15) is 19.8 Å². The first-order valence-electron chi connectivity index (χ1n) is 4.63. The molecule has 1 fully saturated rings. The minimum absolute atomic E-state index is 0.293. The second kappa shape index (κ2) is 5.02. The second-order valence-corrected chi connectivity index (χ2v) is 3.41. The van der Waals surface area contributed by atoms with Crippen LogP contribution in [0.4, 0.5) is 0 Å². The Morgan fingerprint density at radius 1 is 1.77 bits per heavy atom. The van der Waals surface area contributed by atoms with Gasteiger partial charge in [0.25, 0.3) is 0 Å². The fourth-order valence-corrected chi connectivity index (χ4v) is 1.50. The van der Waals surface area contributed by atoms with Gasteiger partial charge in [0, 0.05) is 12.7 Å². The zero-order chi connectivity index (χ0) is 9.68. The van der Waals surface area contributed by atoms with Crippen LogP contribution in [0.2, 0.25) is 0 Å². The molecule has 1 rings (SSSR count). The van der Waals surface area contributed by atoms with E-state index >= 15 is 0 Å². The van der Waals surface area contributed by atoms with Crippen LogP contribution in [0.3, 0.4) is 0 Å². The molecule has 2 unspecified atom stereocenters. The fraction of sp³-hybridized carbons (Fsp3) is 0.700. The molecule has 2 atom stereocenters. The van der Waals surface area contributed by atoms with E-state index in [1.165, 1.54) is 6.08 Å². The molecule has 0 spiro atoms. The van der Waals surface area contributed by atoms with E-state index in [1.54, 1.807) is 0 Å². The minimum atomic E-state index is -0.334. The number of hydrogen-bond donors (Lipinski definition) is 0. The van der Waals surface area contributed by atoms with E-state index in [0.29, 0.717) is 18.6 Å². The normalized spacial score (nSPS) is 28.1. The summed E-state index contributed by atoms with van der Waals surface area (Å²) in [5.41, 5.74) is 0. The molecule has 3 heteroatoms. The molecule has 0 saturated carbocycles. The van der Waals surface area contributed by atoms with E-state index in [2.05, 4.69) is 6.58 Å². The van der Waals surface area contributed by atoms with Gasteiger partial charge in [0.2, 0.25) is 0 Å². The maximum Gasteiger partial charge on any atom is 0.330 e. The second-order valence-electron chi connectivity index (χ2n) is 3.41. The third kappa shape index (κ3) is 3.59. The summed E-state index contributed by atoms with van der Waals surface area (Å²) < 4.78 is 10.3. The Bertz CT molecular complexity index is 189. The van der Waals surface area contributed by atoms with Crippen LogP contribution in [-0.2, 0) is 14.3 Å². The van der Waals surface area contributed by atoms with Gasteiger partial charge in [-0.25, -0.2) is 4.79 Å². The van der Waals surface area contributed by atoms with Gasteiger partial charge in [0.15, 0.2) is 0 Å². The lowest BCUT2D eigenvalue weighted by molar-refractivity contribution is -0.140. The van der Waals surface area contributed by atoms with Gasteiger partial charge in [-0.1, -0.05) is 6.58 Å². The van der Waals surface area contributed by atoms with Gasteiger partial charge in [-0.05, 0) is 25.7 Å². The Labute approximate surface area is 78.7 Å². The molecule has 74 valence electrons. The van der Waals surface area contributed by atoms with E-state index in [4.69, 9.17) is 9.47 Å². The molecule has 0 aromatic heterocycles.